The van der Waals surface area contributed by atoms with Gasteiger partial charge in [-0.2, -0.15) is 0 Å². The Kier molecular flexibility index (Phi) is 8.21. The molecular formula is C17H30N4O2S. The Morgan fingerprint density at radius 2 is 1.88 bits per heavy atom. The maximum Gasteiger partial charge on any atom is 0.191 e. The Balaban J connectivity index is 2.56. The summed E-state index contributed by atoms with van der Waals surface area (Å²) in [5, 5.41) is 6.54. The van der Waals surface area contributed by atoms with Gasteiger partial charge in [-0.1, -0.05) is 26.0 Å². The molecule has 6 nitrogen and oxygen atoms in total. The zero-order valence-corrected chi connectivity index (χ0v) is 16.2. The van der Waals surface area contributed by atoms with Gasteiger partial charge in [-0.15, -0.1) is 0 Å². The second kappa shape index (κ2) is 9.64. The molecule has 0 bridgehead atoms. The van der Waals surface area contributed by atoms with Gasteiger partial charge in [0.1, 0.15) is 0 Å². The number of hydrogen-bond donors (Lipinski definition) is 2. The highest BCUT2D eigenvalue weighted by Gasteiger charge is 2.11. The zero-order valence-electron chi connectivity index (χ0n) is 15.4. The van der Waals surface area contributed by atoms with Crippen LogP contribution in [0.2, 0.25) is 0 Å². The maximum atomic E-state index is 11.7. The van der Waals surface area contributed by atoms with Crippen molar-refractivity contribution in [3.05, 3.63) is 29.3 Å². The molecule has 0 amide bonds. The number of guanidine groups is 1. The van der Waals surface area contributed by atoms with E-state index in [9.17, 15) is 8.42 Å². The smallest absolute Gasteiger partial charge is 0.191 e. The van der Waals surface area contributed by atoms with Gasteiger partial charge in [0.25, 0.3) is 0 Å². The van der Waals surface area contributed by atoms with E-state index < -0.39 is 9.84 Å². The van der Waals surface area contributed by atoms with Gasteiger partial charge in [-0.05, 0) is 37.2 Å². The molecule has 136 valence electrons. The van der Waals surface area contributed by atoms with Crippen molar-refractivity contribution in [3.63, 3.8) is 0 Å². The lowest BCUT2D eigenvalue weighted by Crippen LogP contribution is -2.41. The lowest BCUT2D eigenvalue weighted by Gasteiger charge is -2.19. The standard InChI is InChI=1S/C17H30N4O2S/c1-6-21(7-2)11-10-19-17(18-4)20-13-15-8-9-16(14(3)12-15)24(5,22)23/h8-9,12H,6-7,10-11,13H2,1-5H3,(H2,18,19,20). The van der Waals surface area contributed by atoms with Crippen LogP contribution in [0.25, 0.3) is 0 Å². The van der Waals surface area contributed by atoms with Crippen molar-refractivity contribution in [2.24, 2.45) is 4.99 Å². The van der Waals surface area contributed by atoms with Gasteiger partial charge in [0.15, 0.2) is 15.8 Å². The van der Waals surface area contributed by atoms with E-state index >= 15 is 0 Å². The molecule has 1 aromatic carbocycles. The molecule has 0 aliphatic heterocycles. The maximum absolute atomic E-state index is 11.7. The summed E-state index contributed by atoms with van der Waals surface area (Å²) in [6, 6.07) is 5.39. The van der Waals surface area contributed by atoms with Gasteiger partial charge in [0.2, 0.25) is 0 Å². The van der Waals surface area contributed by atoms with E-state index in [2.05, 4.69) is 34.4 Å². The highest BCUT2D eigenvalue weighted by atomic mass is 32.2. The molecule has 1 rings (SSSR count). The van der Waals surface area contributed by atoms with Gasteiger partial charge in [-0.3, -0.25) is 4.99 Å². The normalized spacial score (nSPS) is 12.5. The van der Waals surface area contributed by atoms with E-state index in [0.29, 0.717) is 11.4 Å². The Hall–Kier alpha value is -1.60. The zero-order chi connectivity index (χ0) is 18.2. The first-order valence-corrected chi connectivity index (χ1v) is 10.2. The van der Waals surface area contributed by atoms with Gasteiger partial charge in [0, 0.05) is 32.9 Å². The minimum absolute atomic E-state index is 0.382. The summed E-state index contributed by atoms with van der Waals surface area (Å²) < 4.78 is 23.3. The minimum Gasteiger partial charge on any atom is -0.355 e. The fourth-order valence-electron chi connectivity index (χ4n) is 2.52. The third-order valence-electron chi connectivity index (χ3n) is 3.94. The molecule has 0 aromatic heterocycles. The van der Waals surface area contributed by atoms with Crippen LogP contribution in [0.4, 0.5) is 0 Å². The van der Waals surface area contributed by atoms with Crippen LogP contribution in [0.3, 0.4) is 0 Å². The fraction of sp³-hybridized carbons (Fsp3) is 0.588. The molecule has 0 unspecified atom stereocenters. The molecule has 0 saturated carbocycles. The number of nitrogens with one attached hydrogen (secondary N) is 2. The van der Waals surface area contributed by atoms with E-state index in [1.54, 1.807) is 13.1 Å². The van der Waals surface area contributed by atoms with E-state index in [1.165, 1.54) is 6.26 Å². The van der Waals surface area contributed by atoms with E-state index in [4.69, 9.17) is 0 Å². The van der Waals surface area contributed by atoms with Gasteiger partial charge in [-0.25, -0.2) is 8.42 Å². The summed E-state index contributed by atoms with van der Waals surface area (Å²) in [5.74, 6) is 0.743. The predicted octanol–water partition coefficient (Wildman–Crippen LogP) is 1.41. The summed E-state index contributed by atoms with van der Waals surface area (Å²) in [7, 11) is -1.43. The molecule has 7 heteroatoms. The third-order valence-corrected chi connectivity index (χ3v) is 5.19. The number of aliphatic imine (C=N–C) groups is 1. The number of benzene rings is 1. The van der Waals surface area contributed by atoms with Crippen LogP contribution in [0.1, 0.15) is 25.0 Å². The molecule has 0 heterocycles. The van der Waals surface area contributed by atoms with Crippen LogP contribution in [-0.4, -0.2) is 58.8 Å². The number of hydrogen-bond acceptors (Lipinski definition) is 4. The largest absolute Gasteiger partial charge is 0.355 e. The summed E-state index contributed by atoms with van der Waals surface area (Å²) in [6.07, 6.45) is 1.23. The van der Waals surface area contributed by atoms with E-state index in [-0.39, 0.29) is 0 Å². The van der Waals surface area contributed by atoms with Crippen molar-refractivity contribution in [2.45, 2.75) is 32.2 Å². The average molecular weight is 355 g/mol. The molecule has 0 aliphatic carbocycles. The Morgan fingerprint density at radius 3 is 2.38 bits per heavy atom. The third kappa shape index (κ3) is 6.49. The van der Waals surface area contributed by atoms with Crippen molar-refractivity contribution in [1.29, 1.82) is 0 Å². The molecule has 2 N–H and O–H groups in total. The fourth-order valence-corrected chi connectivity index (χ4v) is 3.48. The van der Waals surface area contributed by atoms with E-state index in [1.807, 2.05) is 19.1 Å². The van der Waals surface area contributed by atoms with Crippen LogP contribution >= 0.6 is 0 Å². The molecule has 0 spiro atoms. The second-order valence-electron chi connectivity index (χ2n) is 5.75. The molecule has 0 aliphatic rings. The first kappa shape index (κ1) is 20.4. The summed E-state index contributed by atoms with van der Waals surface area (Å²) in [5.41, 5.74) is 1.79. The molecule has 0 fully saturated rings. The monoisotopic (exact) mass is 354 g/mol. The number of likely N-dealkylation sites (N-methyl/N-ethyl adjacent to an activating group) is 1. The molecule has 1 aromatic rings. The molecule has 24 heavy (non-hydrogen) atoms. The average Bonchev–Trinajstić information content (AvgIpc) is 2.53. The Morgan fingerprint density at radius 1 is 1.21 bits per heavy atom. The topological polar surface area (TPSA) is 73.8 Å². The number of sulfone groups is 1. The minimum atomic E-state index is -3.17. The Bertz CT molecular complexity index is 653. The lowest BCUT2D eigenvalue weighted by atomic mass is 10.1. The van der Waals surface area contributed by atoms with Crippen molar-refractivity contribution in [1.82, 2.24) is 15.5 Å². The van der Waals surface area contributed by atoms with Gasteiger partial charge < -0.3 is 15.5 Å². The van der Waals surface area contributed by atoms with Gasteiger partial charge >= 0.3 is 0 Å². The van der Waals surface area contributed by atoms with Crippen LogP contribution in [0, 0.1) is 6.92 Å². The first-order chi connectivity index (χ1) is 11.3. The summed E-state index contributed by atoms with van der Waals surface area (Å²) >= 11 is 0. The highest BCUT2D eigenvalue weighted by Crippen LogP contribution is 2.16. The highest BCUT2D eigenvalue weighted by molar-refractivity contribution is 7.90. The molecule has 0 radical (unpaired) electrons. The number of nitrogens with zero attached hydrogens (tertiary/aromatic N) is 2. The van der Waals surface area contributed by atoms with Crippen LogP contribution in [-0.2, 0) is 16.4 Å². The van der Waals surface area contributed by atoms with Crippen molar-refractivity contribution in [3.8, 4) is 0 Å². The summed E-state index contributed by atoms with van der Waals surface area (Å²) in [4.78, 5) is 6.93. The molecule has 0 saturated heterocycles. The van der Waals surface area contributed by atoms with Crippen LogP contribution in [0.5, 0.6) is 0 Å². The van der Waals surface area contributed by atoms with E-state index in [0.717, 1.165) is 43.3 Å². The number of rotatable bonds is 8. The number of aryl methyl sites for hydroxylation is 1. The Labute approximate surface area is 146 Å². The van der Waals surface area contributed by atoms with Gasteiger partial charge in [0.05, 0.1) is 4.90 Å². The molecular weight excluding hydrogens is 324 g/mol. The van der Waals surface area contributed by atoms with Crippen molar-refractivity contribution >= 4 is 15.8 Å². The lowest BCUT2D eigenvalue weighted by molar-refractivity contribution is 0.308. The van der Waals surface area contributed by atoms with Crippen LogP contribution in [0.15, 0.2) is 28.1 Å². The second-order valence-corrected chi connectivity index (χ2v) is 7.74. The SMILES string of the molecule is CCN(CC)CCNC(=NC)NCc1ccc(S(C)(=O)=O)c(C)c1. The van der Waals surface area contributed by atoms with Crippen molar-refractivity contribution in [2.75, 3.05) is 39.5 Å². The predicted molar refractivity (Wildman–Crippen MR) is 100 cm³/mol. The molecule has 0 atom stereocenters. The summed E-state index contributed by atoms with van der Waals surface area (Å²) in [6.45, 7) is 10.6. The van der Waals surface area contributed by atoms with Crippen molar-refractivity contribution < 1.29 is 8.42 Å². The first-order valence-electron chi connectivity index (χ1n) is 8.28. The van der Waals surface area contributed by atoms with Crippen LogP contribution < -0.4 is 10.6 Å². The quantitative estimate of drug-likeness (QED) is 0.545.